The Hall–Kier alpha value is -2.81. The number of methoxy groups -OCH3 is 1. The topological polar surface area (TPSA) is 90.4 Å². The predicted molar refractivity (Wildman–Crippen MR) is 87.8 cm³/mol. The number of hydrogen-bond acceptors (Lipinski definition) is 7. The lowest BCUT2D eigenvalue weighted by Gasteiger charge is -2.18. The third-order valence-electron chi connectivity index (χ3n) is 3.65. The van der Waals surface area contributed by atoms with Gasteiger partial charge in [-0.25, -0.2) is 9.97 Å². The fraction of sp³-hybridized carbons (Fsp3) is 0.400. The highest BCUT2D eigenvalue weighted by molar-refractivity contribution is 5.40. The van der Waals surface area contributed by atoms with E-state index in [2.05, 4.69) is 20.2 Å². The summed E-state index contributed by atoms with van der Waals surface area (Å²) in [6.45, 7) is 2.72. The van der Waals surface area contributed by atoms with E-state index < -0.39 is 0 Å². The first-order valence-corrected chi connectivity index (χ1v) is 7.43. The molecule has 3 rings (SSSR count). The second kappa shape index (κ2) is 6.36. The molecule has 126 valence electrons. The van der Waals surface area contributed by atoms with Crippen molar-refractivity contribution in [3.05, 3.63) is 46.2 Å². The summed E-state index contributed by atoms with van der Waals surface area (Å²) in [5.41, 5.74) is 0.986. The highest BCUT2D eigenvalue weighted by Gasteiger charge is 2.13. The minimum Gasteiger partial charge on any atom is -0.377 e. The van der Waals surface area contributed by atoms with Gasteiger partial charge >= 0.3 is 0 Å². The van der Waals surface area contributed by atoms with E-state index in [4.69, 9.17) is 4.74 Å². The van der Waals surface area contributed by atoms with E-state index >= 15 is 0 Å². The van der Waals surface area contributed by atoms with Crippen LogP contribution in [-0.4, -0.2) is 43.3 Å². The van der Waals surface area contributed by atoms with Gasteiger partial charge in [-0.05, 0) is 6.92 Å². The maximum atomic E-state index is 12.1. The number of hydrogen-bond donors (Lipinski definition) is 0. The predicted octanol–water partition coefficient (Wildman–Crippen LogP) is 0.309. The second-order valence-electron chi connectivity index (χ2n) is 5.60. The SMILES string of the molecule is COCc1nc(C)cc(N(C)Cc2nnc3c(=O)n(C)ccn23)n1. The van der Waals surface area contributed by atoms with Gasteiger partial charge in [0.1, 0.15) is 12.4 Å². The Morgan fingerprint density at radius 2 is 2.04 bits per heavy atom. The normalized spacial score (nSPS) is 11.2. The quantitative estimate of drug-likeness (QED) is 0.665. The molecule has 0 bridgehead atoms. The van der Waals surface area contributed by atoms with Gasteiger partial charge in [0.05, 0.1) is 6.54 Å². The summed E-state index contributed by atoms with van der Waals surface area (Å²) in [6, 6.07) is 1.89. The molecule has 3 heterocycles. The summed E-state index contributed by atoms with van der Waals surface area (Å²) in [4.78, 5) is 22.8. The van der Waals surface area contributed by atoms with E-state index in [1.54, 1.807) is 31.0 Å². The number of aryl methyl sites for hydroxylation is 2. The molecule has 0 aromatic carbocycles. The Morgan fingerprint density at radius 1 is 1.25 bits per heavy atom. The van der Waals surface area contributed by atoms with E-state index in [0.29, 0.717) is 30.4 Å². The van der Waals surface area contributed by atoms with Gasteiger partial charge in [-0.1, -0.05) is 0 Å². The van der Waals surface area contributed by atoms with Gasteiger partial charge in [0.25, 0.3) is 5.56 Å². The van der Waals surface area contributed by atoms with Gasteiger partial charge in [0.2, 0.25) is 5.65 Å². The van der Waals surface area contributed by atoms with E-state index in [1.807, 2.05) is 24.9 Å². The Morgan fingerprint density at radius 3 is 2.79 bits per heavy atom. The van der Waals surface area contributed by atoms with E-state index in [1.165, 1.54) is 4.57 Å². The van der Waals surface area contributed by atoms with Crippen LogP contribution < -0.4 is 10.5 Å². The lowest BCUT2D eigenvalue weighted by atomic mass is 10.3. The van der Waals surface area contributed by atoms with E-state index in [-0.39, 0.29) is 5.56 Å². The number of fused-ring (bicyclic) bond motifs is 1. The number of ether oxygens (including phenoxy) is 1. The van der Waals surface area contributed by atoms with Crippen LogP contribution in [0.5, 0.6) is 0 Å². The molecule has 9 nitrogen and oxygen atoms in total. The summed E-state index contributed by atoms with van der Waals surface area (Å²) in [5.74, 6) is 2.05. The Balaban J connectivity index is 1.91. The maximum Gasteiger partial charge on any atom is 0.295 e. The lowest BCUT2D eigenvalue weighted by molar-refractivity contribution is 0.177. The van der Waals surface area contributed by atoms with Crippen LogP contribution in [0.25, 0.3) is 5.65 Å². The third-order valence-corrected chi connectivity index (χ3v) is 3.65. The van der Waals surface area contributed by atoms with E-state index in [0.717, 1.165) is 11.5 Å². The van der Waals surface area contributed by atoms with Crippen molar-refractivity contribution < 1.29 is 4.74 Å². The highest BCUT2D eigenvalue weighted by Crippen LogP contribution is 2.14. The van der Waals surface area contributed by atoms with Crippen molar-refractivity contribution in [2.24, 2.45) is 7.05 Å². The smallest absolute Gasteiger partial charge is 0.295 e. The summed E-state index contributed by atoms with van der Waals surface area (Å²) in [5, 5.41) is 8.12. The molecule has 0 N–H and O–H groups in total. The molecule has 0 saturated heterocycles. The molecule has 0 fully saturated rings. The molecule has 0 amide bonds. The summed E-state index contributed by atoms with van der Waals surface area (Å²) in [7, 11) is 5.20. The van der Waals surface area contributed by atoms with Crippen LogP contribution in [0.3, 0.4) is 0 Å². The summed E-state index contributed by atoms with van der Waals surface area (Å²) in [6.07, 6.45) is 3.47. The van der Waals surface area contributed by atoms with Gasteiger partial charge in [-0.2, -0.15) is 0 Å². The molecule has 0 atom stereocenters. The van der Waals surface area contributed by atoms with Crippen molar-refractivity contribution in [3.63, 3.8) is 0 Å². The fourth-order valence-corrected chi connectivity index (χ4v) is 2.42. The zero-order valence-electron chi connectivity index (χ0n) is 14.1. The fourth-order valence-electron chi connectivity index (χ4n) is 2.42. The van der Waals surface area contributed by atoms with Crippen molar-refractivity contribution >= 4 is 11.5 Å². The van der Waals surface area contributed by atoms with Crippen molar-refractivity contribution in [1.29, 1.82) is 0 Å². The average Bonchev–Trinajstić information content (AvgIpc) is 2.94. The van der Waals surface area contributed by atoms with Crippen molar-refractivity contribution in [2.75, 3.05) is 19.1 Å². The molecule has 0 spiro atoms. The molecular weight excluding hydrogens is 310 g/mol. The summed E-state index contributed by atoms with van der Waals surface area (Å²) >= 11 is 0. The van der Waals surface area contributed by atoms with Crippen LogP contribution >= 0.6 is 0 Å². The molecule has 0 aliphatic rings. The van der Waals surface area contributed by atoms with Crippen LogP contribution in [0.4, 0.5) is 5.82 Å². The third kappa shape index (κ3) is 2.98. The van der Waals surface area contributed by atoms with Gasteiger partial charge < -0.3 is 14.2 Å². The first-order valence-electron chi connectivity index (χ1n) is 7.43. The maximum absolute atomic E-state index is 12.1. The van der Waals surface area contributed by atoms with Crippen molar-refractivity contribution in [1.82, 2.24) is 29.1 Å². The highest BCUT2D eigenvalue weighted by atomic mass is 16.5. The molecule has 0 aliphatic heterocycles. The van der Waals surface area contributed by atoms with Crippen molar-refractivity contribution in [3.8, 4) is 0 Å². The standard InChI is InChI=1S/C15H19N7O2/c1-10-7-12(17-11(16-10)9-24-4)21(3)8-13-18-19-14-15(23)20(2)5-6-22(13)14/h5-7H,8-9H2,1-4H3. The Bertz CT molecular complexity index is 931. The lowest BCUT2D eigenvalue weighted by Crippen LogP contribution is -2.22. The van der Waals surface area contributed by atoms with Gasteiger partial charge in [0, 0.05) is 45.4 Å². The molecular formula is C15H19N7O2. The monoisotopic (exact) mass is 329 g/mol. The molecule has 0 aliphatic carbocycles. The molecule has 3 aromatic rings. The van der Waals surface area contributed by atoms with Crippen molar-refractivity contribution in [2.45, 2.75) is 20.1 Å². The first kappa shape index (κ1) is 16.1. The van der Waals surface area contributed by atoms with Crippen LogP contribution in [-0.2, 0) is 24.9 Å². The average molecular weight is 329 g/mol. The number of nitrogens with zero attached hydrogens (tertiary/aromatic N) is 7. The minimum absolute atomic E-state index is 0.181. The molecule has 0 saturated carbocycles. The summed E-state index contributed by atoms with van der Waals surface area (Å²) < 4.78 is 8.27. The van der Waals surface area contributed by atoms with Gasteiger partial charge in [0.15, 0.2) is 11.6 Å². The molecule has 0 radical (unpaired) electrons. The Kier molecular flexibility index (Phi) is 4.26. The van der Waals surface area contributed by atoms with E-state index in [9.17, 15) is 4.79 Å². The zero-order valence-corrected chi connectivity index (χ0v) is 14.1. The zero-order chi connectivity index (χ0) is 17.3. The minimum atomic E-state index is -0.181. The van der Waals surface area contributed by atoms with Crippen LogP contribution in [0, 0.1) is 6.92 Å². The number of anilines is 1. The van der Waals surface area contributed by atoms with Crippen LogP contribution in [0.2, 0.25) is 0 Å². The molecule has 3 aromatic heterocycles. The first-order chi connectivity index (χ1) is 11.5. The van der Waals surface area contributed by atoms with Gasteiger partial charge in [-0.15, -0.1) is 10.2 Å². The number of rotatable bonds is 5. The molecule has 0 unspecified atom stereocenters. The van der Waals surface area contributed by atoms with Crippen LogP contribution in [0.1, 0.15) is 17.3 Å². The molecule has 9 heteroatoms. The largest absolute Gasteiger partial charge is 0.377 e. The molecule has 24 heavy (non-hydrogen) atoms. The second-order valence-corrected chi connectivity index (χ2v) is 5.60. The number of aromatic nitrogens is 6. The van der Waals surface area contributed by atoms with Crippen LogP contribution in [0.15, 0.2) is 23.3 Å². The van der Waals surface area contributed by atoms with Gasteiger partial charge in [-0.3, -0.25) is 9.20 Å². The Labute approximate surface area is 138 Å².